The number of benzene rings is 1. The van der Waals surface area contributed by atoms with E-state index in [1.165, 1.54) is 0 Å². The summed E-state index contributed by atoms with van der Waals surface area (Å²) in [5.74, 6) is 0.0408. The van der Waals surface area contributed by atoms with Crippen LogP contribution in [0.2, 0.25) is 0 Å². The van der Waals surface area contributed by atoms with Gasteiger partial charge in [0.2, 0.25) is 0 Å². The normalized spacial score (nSPS) is 12.1. The standard InChI is InChI=1S/C11H16N2O2/c1-3-8(11(13)14)15-9-6-4-5-7(2)10(9)12/h4-6,8H,3,12H2,1-2H3,(H2,13,14). The quantitative estimate of drug-likeness (QED) is 0.730. The third-order valence-electron chi connectivity index (χ3n) is 2.24. The summed E-state index contributed by atoms with van der Waals surface area (Å²) in [6, 6.07) is 5.44. The zero-order chi connectivity index (χ0) is 11.4. The van der Waals surface area contributed by atoms with Crippen LogP contribution in [0.25, 0.3) is 0 Å². The molecule has 1 amide bonds. The molecular formula is C11H16N2O2. The average molecular weight is 208 g/mol. The number of anilines is 1. The fourth-order valence-corrected chi connectivity index (χ4v) is 1.25. The Hall–Kier alpha value is -1.71. The van der Waals surface area contributed by atoms with E-state index in [1.54, 1.807) is 6.07 Å². The molecule has 0 fully saturated rings. The second-order valence-corrected chi connectivity index (χ2v) is 3.40. The van der Waals surface area contributed by atoms with Crippen molar-refractivity contribution < 1.29 is 9.53 Å². The minimum atomic E-state index is -0.617. The van der Waals surface area contributed by atoms with Crippen LogP contribution < -0.4 is 16.2 Å². The van der Waals surface area contributed by atoms with E-state index in [1.807, 2.05) is 26.0 Å². The van der Waals surface area contributed by atoms with E-state index in [9.17, 15) is 4.79 Å². The van der Waals surface area contributed by atoms with Crippen LogP contribution in [0.5, 0.6) is 5.75 Å². The third-order valence-corrected chi connectivity index (χ3v) is 2.24. The molecule has 0 aliphatic rings. The Balaban J connectivity index is 2.88. The summed E-state index contributed by atoms with van der Waals surface area (Å²) in [6.45, 7) is 3.72. The number of carbonyl (C=O) groups excluding carboxylic acids is 1. The predicted molar refractivity (Wildman–Crippen MR) is 59.5 cm³/mol. The first-order valence-electron chi connectivity index (χ1n) is 4.87. The highest BCUT2D eigenvalue weighted by molar-refractivity contribution is 5.79. The number of nitrogen functional groups attached to an aromatic ring is 1. The van der Waals surface area contributed by atoms with Crippen molar-refractivity contribution in [3.05, 3.63) is 23.8 Å². The summed E-state index contributed by atoms with van der Waals surface area (Å²) >= 11 is 0. The molecular weight excluding hydrogens is 192 g/mol. The maximum absolute atomic E-state index is 11.0. The summed E-state index contributed by atoms with van der Waals surface area (Å²) in [6.07, 6.45) is -0.0861. The zero-order valence-corrected chi connectivity index (χ0v) is 8.99. The van der Waals surface area contributed by atoms with Gasteiger partial charge < -0.3 is 16.2 Å². The van der Waals surface area contributed by atoms with Crippen LogP contribution in [0.1, 0.15) is 18.9 Å². The summed E-state index contributed by atoms with van der Waals surface area (Å²) in [4.78, 5) is 11.0. The first-order valence-corrected chi connectivity index (χ1v) is 4.87. The molecule has 0 bridgehead atoms. The summed E-state index contributed by atoms with van der Waals surface area (Å²) in [5, 5.41) is 0. The van der Waals surface area contributed by atoms with E-state index in [2.05, 4.69) is 0 Å². The van der Waals surface area contributed by atoms with Crippen LogP contribution in [-0.4, -0.2) is 12.0 Å². The summed E-state index contributed by atoms with van der Waals surface area (Å²) in [5.41, 5.74) is 12.5. The summed E-state index contributed by atoms with van der Waals surface area (Å²) in [7, 11) is 0. The molecule has 0 aliphatic heterocycles. The Bertz CT molecular complexity index is 364. The van der Waals surface area contributed by atoms with E-state index in [4.69, 9.17) is 16.2 Å². The maximum atomic E-state index is 11.0. The smallest absolute Gasteiger partial charge is 0.258 e. The Morgan fingerprint density at radius 3 is 2.73 bits per heavy atom. The first-order chi connectivity index (χ1) is 7.06. The van der Waals surface area contributed by atoms with Crippen molar-refractivity contribution in [2.45, 2.75) is 26.4 Å². The van der Waals surface area contributed by atoms with Gasteiger partial charge in [-0.3, -0.25) is 4.79 Å². The van der Waals surface area contributed by atoms with Gasteiger partial charge in [-0.15, -0.1) is 0 Å². The highest BCUT2D eigenvalue weighted by atomic mass is 16.5. The molecule has 0 saturated heterocycles. The molecule has 1 aromatic rings. The fourth-order valence-electron chi connectivity index (χ4n) is 1.25. The second kappa shape index (κ2) is 4.68. The number of para-hydroxylation sites is 1. The number of nitrogens with two attached hydrogens (primary N) is 2. The van der Waals surface area contributed by atoms with Crippen LogP contribution in [-0.2, 0) is 4.79 Å². The molecule has 4 heteroatoms. The van der Waals surface area contributed by atoms with Gasteiger partial charge >= 0.3 is 0 Å². The summed E-state index contributed by atoms with van der Waals surface area (Å²) < 4.78 is 5.44. The van der Waals surface area contributed by atoms with Crippen LogP contribution in [0.3, 0.4) is 0 Å². The van der Waals surface area contributed by atoms with Crippen LogP contribution >= 0.6 is 0 Å². The molecule has 0 aromatic heterocycles. The van der Waals surface area contributed by atoms with E-state index in [-0.39, 0.29) is 0 Å². The lowest BCUT2D eigenvalue weighted by Gasteiger charge is -2.16. The van der Waals surface area contributed by atoms with Gasteiger partial charge in [-0.1, -0.05) is 19.1 Å². The minimum Gasteiger partial charge on any atom is -0.478 e. The van der Waals surface area contributed by atoms with Crippen LogP contribution in [0.4, 0.5) is 5.69 Å². The Morgan fingerprint density at radius 1 is 1.53 bits per heavy atom. The van der Waals surface area contributed by atoms with Gasteiger partial charge in [0.25, 0.3) is 5.91 Å². The molecule has 0 heterocycles. The van der Waals surface area contributed by atoms with Gasteiger partial charge in [0.1, 0.15) is 5.75 Å². The predicted octanol–water partition coefficient (Wildman–Crippen LogP) is 1.22. The molecule has 0 saturated carbocycles. The second-order valence-electron chi connectivity index (χ2n) is 3.40. The number of rotatable bonds is 4. The average Bonchev–Trinajstić information content (AvgIpc) is 2.19. The number of carbonyl (C=O) groups is 1. The molecule has 1 unspecified atom stereocenters. The van der Waals surface area contributed by atoms with Crippen LogP contribution in [0, 0.1) is 6.92 Å². The molecule has 15 heavy (non-hydrogen) atoms. The zero-order valence-electron chi connectivity index (χ0n) is 8.99. The number of ether oxygens (including phenoxy) is 1. The van der Waals surface area contributed by atoms with Crippen molar-refractivity contribution >= 4 is 11.6 Å². The molecule has 1 atom stereocenters. The number of hydrogen-bond acceptors (Lipinski definition) is 3. The molecule has 1 rings (SSSR count). The number of primary amides is 1. The van der Waals surface area contributed by atoms with Crippen molar-refractivity contribution in [2.24, 2.45) is 5.73 Å². The van der Waals surface area contributed by atoms with E-state index in [0.717, 1.165) is 5.56 Å². The van der Waals surface area contributed by atoms with Crippen molar-refractivity contribution in [2.75, 3.05) is 5.73 Å². The van der Waals surface area contributed by atoms with Gasteiger partial charge in [-0.05, 0) is 25.0 Å². The third kappa shape index (κ3) is 2.62. The lowest BCUT2D eigenvalue weighted by atomic mass is 10.2. The lowest BCUT2D eigenvalue weighted by molar-refractivity contribution is -0.124. The number of amides is 1. The van der Waals surface area contributed by atoms with E-state index in [0.29, 0.717) is 17.9 Å². The molecule has 1 aromatic carbocycles. The SMILES string of the molecule is CCC(Oc1cccc(C)c1N)C(N)=O. The highest BCUT2D eigenvalue weighted by Gasteiger charge is 2.16. The Morgan fingerprint density at radius 2 is 2.20 bits per heavy atom. The lowest BCUT2D eigenvalue weighted by Crippen LogP contribution is -2.33. The van der Waals surface area contributed by atoms with Crippen LogP contribution in [0.15, 0.2) is 18.2 Å². The molecule has 4 N–H and O–H groups in total. The molecule has 4 nitrogen and oxygen atoms in total. The van der Waals surface area contributed by atoms with Gasteiger partial charge in [-0.2, -0.15) is 0 Å². The van der Waals surface area contributed by atoms with Crippen molar-refractivity contribution in [1.29, 1.82) is 0 Å². The topological polar surface area (TPSA) is 78.3 Å². The fraction of sp³-hybridized carbons (Fsp3) is 0.364. The highest BCUT2D eigenvalue weighted by Crippen LogP contribution is 2.25. The maximum Gasteiger partial charge on any atom is 0.258 e. The van der Waals surface area contributed by atoms with Gasteiger partial charge in [0.15, 0.2) is 6.10 Å². The largest absolute Gasteiger partial charge is 0.478 e. The Labute approximate surface area is 89.2 Å². The number of aryl methyl sites for hydroxylation is 1. The number of hydrogen-bond donors (Lipinski definition) is 2. The van der Waals surface area contributed by atoms with Crippen molar-refractivity contribution in [3.63, 3.8) is 0 Å². The molecule has 82 valence electrons. The van der Waals surface area contributed by atoms with E-state index >= 15 is 0 Å². The van der Waals surface area contributed by atoms with Gasteiger partial charge in [0, 0.05) is 0 Å². The van der Waals surface area contributed by atoms with E-state index < -0.39 is 12.0 Å². The Kier molecular flexibility index (Phi) is 3.55. The molecule has 0 spiro atoms. The minimum absolute atomic E-state index is 0.474. The van der Waals surface area contributed by atoms with Crippen molar-refractivity contribution in [1.82, 2.24) is 0 Å². The molecule has 0 radical (unpaired) electrons. The molecule has 0 aliphatic carbocycles. The van der Waals surface area contributed by atoms with Gasteiger partial charge in [0.05, 0.1) is 5.69 Å². The van der Waals surface area contributed by atoms with Crippen molar-refractivity contribution in [3.8, 4) is 5.75 Å². The first kappa shape index (κ1) is 11.4. The van der Waals surface area contributed by atoms with Gasteiger partial charge in [-0.25, -0.2) is 0 Å². The monoisotopic (exact) mass is 208 g/mol.